The van der Waals surface area contributed by atoms with Gasteiger partial charge in [-0.2, -0.15) is 11.8 Å². The monoisotopic (exact) mass is 230 g/mol. The fraction of sp³-hybridized carbons (Fsp3) is 1.00. The molecule has 1 saturated carbocycles. The van der Waals surface area contributed by atoms with Crippen LogP contribution < -0.4 is 10.6 Å². The molecular weight excluding hydrogens is 208 g/mol. The molecule has 88 valence electrons. The number of hydrogen-bond acceptors (Lipinski definition) is 4. The molecule has 2 N–H and O–H groups in total. The second-order valence-electron chi connectivity index (χ2n) is 4.38. The quantitative estimate of drug-likeness (QED) is 0.733. The average Bonchev–Trinajstić information content (AvgIpc) is 2.23. The summed E-state index contributed by atoms with van der Waals surface area (Å²) in [5.74, 6) is 2.53. The molecule has 2 rings (SSSR count). The molecule has 0 radical (unpaired) electrons. The van der Waals surface area contributed by atoms with Crippen molar-refractivity contribution in [3.63, 3.8) is 0 Å². The van der Waals surface area contributed by atoms with Crippen molar-refractivity contribution >= 4 is 11.8 Å². The maximum atomic E-state index is 5.54. The van der Waals surface area contributed by atoms with Gasteiger partial charge in [-0.1, -0.05) is 0 Å². The normalized spacial score (nSPS) is 36.2. The Kier molecular flexibility index (Phi) is 4.75. The molecule has 3 nitrogen and oxygen atoms in total. The van der Waals surface area contributed by atoms with Gasteiger partial charge in [0.25, 0.3) is 0 Å². The van der Waals surface area contributed by atoms with Gasteiger partial charge < -0.3 is 15.4 Å². The number of ether oxygens (including phenoxy) is 1. The Hall–Kier alpha value is 0.230. The minimum atomic E-state index is 0.529. The van der Waals surface area contributed by atoms with Crippen molar-refractivity contribution < 1.29 is 4.74 Å². The summed E-state index contributed by atoms with van der Waals surface area (Å²) in [5.41, 5.74) is 0. The Morgan fingerprint density at radius 2 is 2.33 bits per heavy atom. The Bertz CT molecular complexity index is 179. The lowest BCUT2D eigenvalue weighted by Gasteiger charge is -2.37. The number of hydrogen-bond donors (Lipinski definition) is 2. The SMILES string of the molecule is CCOC1CC(NCC2CSCCN2)C1. The van der Waals surface area contributed by atoms with E-state index in [1.54, 1.807) is 0 Å². The van der Waals surface area contributed by atoms with Crippen LogP contribution in [0, 0.1) is 0 Å². The molecule has 0 aromatic heterocycles. The summed E-state index contributed by atoms with van der Waals surface area (Å²) in [6, 6.07) is 1.38. The lowest BCUT2D eigenvalue weighted by atomic mass is 9.89. The van der Waals surface area contributed by atoms with Gasteiger partial charge in [0.2, 0.25) is 0 Å². The Balaban J connectivity index is 1.52. The van der Waals surface area contributed by atoms with Crippen LogP contribution in [0.15, 0.2) is 0 Å². The predicted octanol–water partition coefficient (Wildman–Crippen LogP) is 0.848. The van der Waals surface area contributed by atoms with E-state index in [0.29, 0.717) is 18.2 Å². The zero-order valence-corrected chi connectivity index (χ0v) is 10.3. The van der Waals surface area contributed by atoms with Crippen LogP contribution in [-0.2, 0) is 4.74 Å². The minimum absolute atomic E-state index is 0.529. The molecule has 2 aliphatic rings. The van der Waals surface area contributed by atoms with Gasteiger partial charge in [0.15, 0.2) is 0 Å². The number of nitrogens with one attached hydrogen (secondary N) is 2. The molecule has 1 atom stereocenters. The second-order valence-corrected chi connectivity index (χ2v) is 5.53. The molecule has 0 aromatic carbocycles. The summed E-state index contributed by atoms with van der Waals surface area (Å²) < 4.78 is 5.54. The fourth-order valence-corrected chi connectivity index (χ4v) is 3.11. The summed E-state index contributed by atoms with van der Waals surface area (Å²) in [7, 11) is 0. The second kappa shape index (κ2) is 6.09. The van der Waals surface area contributed by atoms with E-state index in [1.807, 2.05) is 0 Å². The molecule has 2 fully saturated rings. The third kappa shape index (κ3) is 3.63. The first-order chi connectivity index (χ1) is 7.38. The molecule has 1 aliphatic carbocycles. The third-order valence-electron chi connectivity index (χ3n) is 3.15. The Morgan fingerprint density at radius 1 is 1.47 bits per heavy atom. The van der Waals surface area contributed by atoms with E-state index in [0.717, 1.165) is 13.2 Å². The van der Waals surface area contributed by atoms with Crippen molar-refractivity contribution in [2.24, 2.45) is 0 Å². The van der Waals surface area contributed by atoms with Crippen LogP contribution in [0.2, 0.25) is 0 Å². The van der Waals surface area contributed by atoms with Crippen LogP contribution >= 0.6 is 11.8 Å². The van der Waals surface area contributed by atoms with Gasteiger partial charge in [-0.25, -0.2) is 0 Å². The summed E-state index contributed by atoms with van der Waals surface area (Å²) in [4.78, 5) is 0. The van der Waals surface area contributed by atoms with E-state index >= 15 is 0 Å². The lowest BCUT2D eigenvalue weighted by Crippen LogP contribution is -2.51. The van der Waals surface area contributed by atoms with Crippen LogP contribution in [0.25, 0.3) is 0 Å². The first-order valence-corrected chi connectivity index (χ1v) is 7.20. The first kappa shape index (κ1) is 11.7. The summed E-state index contributed by atoms with van der Waals surface area (Å²) in [6.45, 7) is 5.22. The van der Waals surface area contributed by atoms with E-state index in [-0.39, 0.29) is 0 Å². The zero-order chi connectivity index (χ0) is 10.5. The molecule has 1 heterocycles. The highest BCUT2D eigenvalue weighted by atomic mass is 32.2. The molecule has 0 bridgehead atoms. The van der Waals surface area contributed by atoms with Crippen molar-refractivity contribution in [1.29, 1.82) is 0 Å². The van der Waals surface area contributed by atoms with Crippen molar-refractivity contribution in [3.8, 4) is 0 Å². The maximum Gasteiger partial charge on any atom is 0.0604 e. The fourth-order valence-electron chi connectivity index (χ4n) is 2.16. The number of rotatable bonds is 5. The van der Waals surface area contributed by atoms with E-state index in [9.17, 15) is 0 Å². The molecule has 0 amide bonds. The van der Waals surface area contributed by atoms with Gasteiger partial charge in [-0.05, 0) is 19.8 Å². The molecule has 1 aliphatic heterocycles. The van der Waals surface area contributed by atoms with Gasteiger partial charge in [0.05, 0.1) is 6.10 Å². The molecule has 0 aromatic rings. The standard InChI is InChI=1S/C11H22N2OS/c1-2-14-11-5-9(6-11)13-7-10-8-15-4-3-12-10/h9-13H,2-8H2,1H3. The molecule has 4 heteroatoms. The van der Waals surface area contributed by atoms with Crippen molar-refractivity contribution in [1.82, 2.24) is 10.6 Å². The van der Waals surface area contributed by atoms with Crippen molar-refractivity contribution in [2.75, 3.05) is 31.2 Å². The van der Waals surface area contributed by atoms with Crippen LogP contribution in [0.5, 0.6) is 0 Å². The van der Waals surface area contributed by atoms with Gasteiger partial charge in [-0.3, -0.25) is 0 Å². The van der Waals surface area contributed by atoms with Crippen LogP contribution in [-0.4, -0.2) is 49.4 Å². The Labute approximate surface area is 96.7 Å². The summed E-state index contributed by atoms with van der Waals surface area (Å²) >= 11 is 2.06. The average molecular weight is 230 g/mol. The first-order valence-electron chi connectivity index (χ1n) is 6.04. The Morgan fingerprint density at radius 3 is 3.00 bits per heavy atom. The topological polar surface area (TPSA) is 33.3 Å². The van der Waals surface area contributed by atoms with Gasteiger partial charge >= 0.3 is 0 Å². The highest BCUT2D eigenvalue weighted by molar-refractivity contribution is 7.99. The van der Waals surface area contributed by atoms with Gasteiger partial charge in [-0.15, -0.1) is 0 Å². The van der Waals surface area contributed by atoms with Crippen LogP contribution in [0.3, 0.4) is 0 Å². The van der Waals surface area contributed by atoms with Crippen molar-refractivity contribution in [2.45, 2.75) is 38.0 Å². The molecular formula is C11H22N2OS. The highest BCUT2D eigenvalue weighted by Gasteiger charge is 2.29. The molecule has 1 saturated heterocycles. The van der Waals surface area contributed by atoms with Gasteiger partial charge in [0.1, 0.15) is 0 Å². The van der Waals surface area contributed by atoms with E-state index in [4.69, 9.17) is 4.74 Å². The molecule has 1 unspecified atom stereocenters. The van der Waals surface area contributed by atoms with E-state index < -0.39 is 0 Å². The summed E-state index contributed by atoms with van der Waals surface area (Å²) in [6.07, 6.45) is 2.93. The lowest BCUT2D eigenvalue weighted by molar-refractivity contribution is -0.0101. The van der Waals surface area contributed by atoms with Gasteiger partial charge in [0, 0.05) is 43.3 Å². The van der Waals surface area contributed by atoms with E-state index in [1.165, 1.54) is 30.9 Å². The number of thioether (sulfide) groups is 1. The van der Waals surface area contributed by atoms with Crippen LogP contribution in [0.4, 0.5) is 0 Å². The van der Waals surface area contributed by atoms with E-state index in [2.05, 4.69) is 29.3 Å². The third-order valence-corrected chi connectivity index (χ3v) is 4.28. The highest BCUT2D eigenvalue weighted by Crippen LogP contribution is 2.23. The molecule has 15 heavy (non-hydrogen) atoms. The smallest absolute Gasteiger partial charge is 0.0604 e. The largest absolute Gasteiger partial charge is 0.378 e. The maximum absolute atomic E-state index is 5.54. The zero-order valence-electron chi connectivity index (χ0n) is 9.50. The molecule has 0 spiro atoms. The predicted molar refractivity (Wildman–Crippen MR) is 65.6 cm³/mol. The van der Waals surface area contributed by atoms with Crippen molar-refractivity contribution in [3.05, 3.63) is 0 Å². The minimum Gasteiger partial charge on any atom is -0.378 e. The van der Waals surface area contributed by atoms with Crippen LogP contribution in [0.1, 0.15) is 19.8 Å². The summed E-state index contributed by atoms with van der Waals surface area (Å²) in [5, 5.41) is 7.17.